The van der Waals surface area contributed by atoms with Crippen LogP contribution in [0.1, 0.15) is 19.8 Å². The van der Waals surface area contributed by atoms with Gasteiger partial charge in [-0.3, -0.25) is 0 Å². The summed E-state index contributed by atoms with van der Waals surface area (Å²) in [6, 6.07) is 0. The highest BCUT2D eigenvalue weighted by molar-refractivity contribution is 7.90. The number of nitrogens with zero attached hydrogens (tertiary/aromatic N) is 3. The van der Waals surface area contributed by atoms with Gasteiger partial charge in [-0.25, -0.2) is 8.42 Å². The molecule has 0 aliphatic heterocycles. The van der Waals surface area contributed by atoms with Crippen LogP contribution >= 0.6 is 0 Å². The maximum Gasteiger partial charge on any atom is 0.421 e. The first-order valence-corrected chi connectivity index (χ1v) is 9.94. The zero-order valence-corrected chi connectivity index (χ0v) is 17.3. The number of sulfonamides is 1. The molecule has 28 heavy (non-hydrogen) atoms. The molecule has 0 aliphatic rings. The van der Waals surface area contributed by atoms with Crippen LogP contribution in [0.4, 0.5) is 30.7 Å². The summed E-state index contributed by atoms with van der Waals surface area (Å²) in [6.45, 7) is -0.632. The van der Waals surface area contributed by atoms with E-state index in [2.05, 4.69) is 0 Å². The van der Waals surface area contributed by atoms with E-state index < -0.39 is 46.4 Å². The number of hydrogen-bond acceptors (Lipinski definition) is 4. The molecular formula is C15H28F7N3O2S. The van der Waals surface area contributed by atoms with Crippen molar-refractivity contribution in [3.63, 3.8) is 0 Å². The first kappa shape index (κ1) is 27.3. The molecule has 0 aromatic rings. The van der Waals surface area contributed by atoms with Gasteiger partial charge in [0.25, 0.3) is 10.0 Å². The van der Waals surface area contributed by atoms with Gasteiger partial charge in [-0.1, -0.05) is 0 Å². The summed E-state index contributed by atoms with van der Waals surface area (Å²) in [5.41, 5.74) is 0. The number of halogens is 7. The zero-order valence-electron chi connectivity index (χ0n) is 16.5. The third kappa shape index (κ3) is 6.70. The average molecular weight is 447 g/mol. The molecule has 0 aromatic heterocycles. The fraction of sp³-hybridized carbons (Fsp3) is 1.00. The Labute approximate surface area is 161 Å². The smallest absolute Gasteiger partial charge is 0.309 e. The van der Waals surface area contributed by atoms with Crippen LogP contribution in [0, 0.1) is 5.92 Å². The molecule has 0 spiro atoms. The van der Waals surface area contributed by atoms with Crippen molar-refractivity contribution < 1.29 is 39.2 Å². The Bertz CT molecular complexity index is 567. The predicted octanol–water partition coefficient (Wildman–Crippen LogP) is 2.95. The summed E-state index contributed by atoms with van der Waals surface area (Å²) in [4.78, 5) is 3.26. The summed E-state index contributed by atoms with van der Waals surface area (Å²) in [5, 5.41) is -5.91. The Morgan fingerprint density at radius 2 is 1.11 bits per heavy atom. The highest BCUT2D eigenvalue weighted by Gasteiger charge is 2.73. The van der Waals surface area contributed by atoms with Crippen LogP contribution < -0.4 is 0 Å². The molecule has 5 nitrogen and oxygen atoms in total. The van der Waals surface area contributed by atoms with E-state index in [0.29, 0.717) is 0 Å². The Kier molecular flexibility index (Phi) is 9.66. The fourth-order valence-electron chi connectivity index (χ4n) is 2.27. The van der Waals surface area contributed by atoms with Crippen LogP contribution in [0.25, 0.3) is 0 Å². The van der Waals surface area contributed by atoms with Crippen LogP contribution in [-0.2, 0) is 10.0 Å². The first-order valence-electron chi connectivity index (χ1n) is 8.50. The molecule has 0 radical (unpaired) electrons. The maximum absolute atomic E-state index is 14.3. The van der Waals surface area contributed by atoms with Gasteiger partial charge >= 0.3 is 17.4 Å². The van der Waals surface area contributed by atoms with Crippen molar-refractivity contribution in [2.24, 2.45) is 5.92 Å². The molecule has 170 valence electrons. The SMILES string of the molecule is CC(C(F)(F)F)C(F)(F)C(F)(F)S(=O)(=O)N(CCCN(C)C)CCCN(C)C. The molecule has 0 aromatic carbocycles. The quantitative estimate of drug-likeness (QED) is 0.432. The number of rotatable bonds is 12. The van der Waals surface area contributed by atoms with E-state index in [-0.39, 0.29) is 37.2 Å². The molecule has 1 unspecified atom stereocenters. The van der Waals surface area contributed by atoms with Gasteiger partial charge in [-0.05, 0) is 61.0 Å². The Hall–Kier alpha value is -0.660. The van der Waals surface area contributed by atoms with Crippen LogP contribution in [0.2, 0.25) is 0 Å². The third-order valence-corrected chi connectivity index (χ3v) is 6.08. The molecule has 0 saturated heterocycles. The summed E-state index contributed by atoms with van der Waals surface area (Å²) in [7, 11) is 0.504. The van der Waals surface area contributed by atoms with Crippen LogP contribution in [0.15, 0.2) is 0 Å². The second kappa shape index (κ2) is 9.90. The maximum atomic E-state index is 14.3. The van der Waals surface area contributed by atoms with E-state index in [1.807, 2.05) is 0 Å². The first-order chi connectivity index (χ1) is 12.4. The summed E-state index contributed by atoms with van der Waals surface area (Å²) < 4.78 is 119. The molecule has 0 fully saturated rings. The highest BCUT2D eigenvalue weighted by atomic mass is 32.2. The Morgan fingerprint density at radius 1 is 0.750 bits per heavy atom. The number of alkyl halides is 7. The number of hydrogen-bond donors (Lipinski definition) is 0. The van der Waals surface area contributed by atoms with E-state index in [4.69, 9.17) is 0 Å². The molecule has 0 heterocycles. The fourth-order valence-corrected chi connectivity index (χ4v) is 3.85. The van der Waals surface area contributed by atoms with Crippen molar-refractivity contribution in [2.75, 3.05) is 54.4 Å². The van der Waals surface area contributed by atoms with E-state index in [9.17, 15) is 39.2 Å². The van der Waals surface area contributed by atoms with E-state index in [0.717, 1.165) is 0 Å². The monoisotopic (exact) mass is 447 g/mol. The zero-order chi connectivity index (χ0) is 22.6. The molecule has 0 amide bonds. The molecule has 13 heteroatoms. The van der Waals surface area contributed by atoms with Gasteiger partial charge in [-0.15, -0.1) is 0 Å². The van der Waals surface area contributed by atoms with Gasteiger partial charge < -0.3 is 9.80 Å². The molecule has 0 bridgehead atoms. The topological polar surface area (TPSA) is 43.9 Å². The minimum Gasteiger partial charge on any atom is -0.309 e. The van der Waals surface area contributed by atoms with Crippen molar-refractivity contribution in [2.45, 2.75) is 37.1 Å². The van der Waals surface area contributed by atoms with Crippen LogP contribution in [0.3, 0.4) is 0 Å². The van der Waals surface area contributed by atoms with E-state index >= 15 is 0 Å². The van der Waals surface area contributed by atoms with Gasteiger partial charge in [-0.2, -0.15) is 35.0 Å². The molecule has 0 rings (SSSR count). The van der Waals surface area contributed by atoms with Crippen molar-refractivity contribution in [1.82, 2.24) is 14.1 Å². The second-order valence-electron chi connectivity index (χ2n) is 7.12. The summed E-state index contributed by atoms with van der Waals surface area (Å²) >= 11 is 0. The molecule has 0 saturated carbocycles. The molecule has 0 N–H and O–H groups in total. The highest BCUT2D eigenvalue weighted by Crippen LogP contribution is 2.49. The van der Waals surface area contributed by atoms with Gasteiger partial charge in [0, 0.05) is 13.1 Å². The third-order valence-electron chi connectivity index (χ3n) is 4.11. The van der Waals surface area contributed by atoms with Crippen LogP contribution in [0.5, 0.6) is 0 Å². The Morgan fingerprint density at radius 3 is 1.39 bits per heavy atom. The average Bonchev–Trinajstić information content (AvgIpc) is 2.50. The minimum absolute atomic E-state index is 0.0463. The largest absolute Gasteiger partial charge is 0.421 e. The van der Waals surface area contributed by atoms with Gasteiger partial charge in [0.1, 0.15) is 5.92 Å². The van der Waals surface area contributed by atoms with Crippen molar-refractivity contribution in [1.29, 1.82) is 0 Å². The lowest BCUT2D eigenvalue weighted by molar-refractivity contribution is -0.277. The summed E-state index contributed by atoms with van der Waals surface area (Å²) in [6.07, 6.45) is -5.60. The lowest BCUT2D eigenvalue weighted by Gasteiger charge is -2.35. The molecule has 0 aliphatic carbocycles. The van der Waals surface area contributed by atoms with Gasteiger partial charge in [0.2, 0.25) is 0 Å². The van der Waals surface area contributed by atoms with E-state index in [1.165, 1.54) is 0 Å². The lowest BCUT2D eigenvalue weighted by Crippen LogP contribution is -2.58. The summed E-state index contributed by atoms with van der Waals surface area (Å²) in [5.74, 6) is -9.67. The van der Waals surface area contributed by atoms with Gasteiger partial charge in [0.05, 0.1) is 0 Å². The van der Waals surface area contributed by atoms with Crippen molar-refractivity contribution in [3.8, 4) is 0 Å². The predicted molar refractivity (Wildman–Crippen MR) is 91.9 cm³/mol. The normalized spacial score (nSPS) is 15.7. The Balaban J connectivity index is 5.78. The van der Waals surface area contributed by atoms with Crippen molar-refractivity contribution >= 4 is 10.0 Å². The van der Waals surface area contributed by atoms with E-state index in [1.54, 1.807) is 38.0 Å². The second-order valence-corrected chi connectivity index (χ2v) is 9.10. The minimum atomic E-state index is -6.05. The lowest BCUT2D eigenvalue weighted by atomic mass is 10.0. The van der Waals surface area contributed by atoms with Gasteiger partial charge in [0.15, 0.2) is 0 Å². The van der Waals surface area contributed by atoms with Crippen LogP contribution in [-0.4, -0.2) is 94.2 Å². The standard InChI is InChI=1S/C15H28F7N3O2S/c1-12(14(18,19)20)13(16,17)15(21,22)28(26,27)25(10-6-8-23(2)3)11-7-9-24(4)5/h12H,6-11H2,1-5H3. The van der Waals surface area contributed by atoms with Crippen molar-refractivity contribution in [3.05, 3.63) is 0 Å². The molecular weight excluding hydrogens is 419 g/mol. The molecule has 1 atom stereocenters.